The summed E-state index contributed by atoms with van der Waals surface area (Å²) in [6, 6.07) is 9.71. The lowest BCUT2D eigenvalue weighted by Gasteiger charge is -2.06. The van der Waals surface area contributed by atoms with Crippen molar-refractivity contribution in [2.45, 2.75) is 25.9 Å². The van der Waals surface area contributed by atoms with Crippen LogP contribution >= 0.6 is 0 Å². The van der Waals surface area contributed by atoms with Gasteiger partial charge in [-0.2, -0.15) is 20.4 Å². The van der Waals surface area contributed by atoms with Crippen LogP contribution in [-0.2, 0) is 13.1 Å². The topological polar surface area (TPSA) is 110 Å². The summed E-state index contributed by atoms with van der Waals surface area (Å²) in [6.07, 6.45) is 11.0. The van der Waals surface area contributed by atoms with Gasteiger partial charge < -0.3 is 10.3 Å². The molecule has 0 bridgehead atoms. The number of anilines is 2. The summed E-state index contributed by atoms with van der Waals surface area (Å²) in [7, 11) is 1.78. The highest BCUT2D eigenvalue weighted by atomic mass is 15.3. The van der Waals surface area contributed by atoms with Crippen molar-refractivity contribution in [3.05, 3.63) is 60.2 Å². The monoisotopic (exact) mass is 399 g/mol. The molecule has 0 fully saturated rings. The van der Waals surface area contributed by atoms with Crippen molar-refractivity contribution < 1.29 is 0 Å². The molecule has 9 nitrogen and oxygen atoms in total. The number of aromatic nitrogens is 6. The number of nitrogens with zero attached hydrogens (tertiary/aromatic N) is 8. The zero-order valence-electron chi connectivity index (χ0n) is 16.6. The van der Waals surface area contributed by atoms with E-state index in [1.165, 1.54) is 0 Å². The molecular formula is C21H21N9. The maximum Gasteiger partial charge on any atom is 0.229 e. The van der Waals surface area contributed by atoms with Crippen molar-refractivity contribution in [1.29, 1.82) is 5.26 Å². The number of rotatable bonds is 8. The predicted molar refractivity (Wildman–Crippen MR) is 115 cm³/mol. The van der Waals surface area contributed by atoms with Gasteiger partial charge in [0, 0.05) is 26.0 Å². The Morgan fingerprint density at radius 1 is 1.20 bits per heavy atom. The molecule has 0 saturated carbocycles. The quantitative estimate of drug-likeness (QED) is 0.360. The average molecular weight is 399 g/mol. The van der Waals surface area contributed by atoms with Crippen LogP contribution in [0.4, 0.5) is 11.6 Å². The summed E-state index contributed by atoms with van der Waals surface area (Å²) >= 11 is 0. The smallest absolute Gasteiger partial charge is 0.229 e. The fraction of sp³-hybridized carbons (Fsp3) is 0.238. The lowest BCUT2D eigenvalue weighted by molar-refractivity contribution is 0.591. The van der Waals surface area contributed by atoms with E-state index in [4.69, 9.17) is 0 Å². The number of unbranched alkanes of at least 4 members (excludes halogenated alkanes) is 1. The molecule has 3 heterocycles. The Morgan fingerprint density at radius 2 is 2.10 bits per heavy atom. The van der Waals surface area contributed by atoms with Gasteiger partial charge in [0.2, 0.25) is 5.95 Å². The second kappa shape index (κ2) is 8.96. The average Bonchev–Trinajstić information content (AvgIpc) is 3.38. The van der Waals surface area contributed by atoms with Crippen LogP contribution in [0.2, 0.25) is 0 Å². The Balaban J connectivity index is 1.50. The van der Waals surface area contributed by atoms with E-state index in [0.717, 1.165) is 36.0 Å². The number of aryl methyl sites for hydroxylation is 1. The van der Waals surface area contributed by atoms with E-state index in [2.05, 4.69) is 36.5 Å². The normalized spacial score (nSPS) is 11.2. The lowest BCUT2D eigenvalue weighted by atomic mass is 10.1. The highest BCUT2D eigenvalue weighted by Crippen LogP contribution is 2.18. The van der Waals surface area contributed by atoms with Crippen molar-refractivity contribution in [1.82, 2.24) is 29.5 Å². The molecule has 0 unspecified atom stereocenters. The first-order valence-electron chi connectivity index (χ1n) is 9.63. The lowest BCUT2D eigenvalue weighted by Crippen LogP contribution is -2.05. The van der Waals surface area contributed by atoms with Gasteiger partial charge >= 0.3 is 0 Å². The molecule has 0 saturated heterocycles. The third kappa shape index (κ3) is 4.33. The fourth-order valence-electron chi connectivity index (χ4n) is 3.12. The van der Waals surface area contributed by atoms with Crippen molar-refractivity contribution >= 4 is 28.9 Å². The minimum Gasteiger partial charge on any atom is -0.321 e. The molecule has 30 heavy (non-hydrogen) atoms. The second-order valence-electron chi connectivity index (χ2n) is 6.74. The largest absolute Gasteiger partial charge is 0.321 e. The molecule has 9 heteroatoms. The van der Waals surface area contributed by atoms with Gasteiger partial charge in [0.15, 0.2) is 5.65 Å². The molecule has 0 atom stereocenters. The Hall–Kier alpha value is -4.06. The number of fused-ring (bicyclic) bond motifs is 1. The molecule has 1 N–H and O–H groups in total. The molecule has 4 aromatic rings. The summed E-state index contributed by atoms with van der Waals surface area (Å²) in [6.45, 7) is 1.28. The fourth-order valence-corrected chi connectivity index (χ4v) is 3.12. The van der Waals surface area contributed by atoms with E-state index in [1.54, 1.807) is 36.4 Å². The number of hydrogen-bond acceptors (Lipinski definition) is 7. The second-order valence-corrected chi connectivity index (χ2v) is 6.74. The van der Waals surface area contributed by atoms with E-state index in [0.29, 0.717) is 23.7 Å². The Labute approximate surface area is 173 Å². The number of benzene rings is 1. The summed E-state index contributed by atoms with van der Waals surface area (Å²) in [5.74, 6) is 0.468. The zero-order valence-corrected chi connectivity index (χ0v) is 16.6. The van der Waals surface area contributed by atoms with Crippen LogP contribution in [0, 0.1) is 11.3 Å². The van der Waals surface area contributed by atoms with Crippen molar-refractivity contribution in [3.8, 4) is 6.07 Å². The minimum atomic E-state index is 0.461. The molecule has 0 aliphatic rings. The standard InChI is InChI=1S/C21H21N9/c1-23-8-4-5-9-29-15-19(13-25-29)27-21-24-11-18-12-26-30(20(18)28-21)14-17-7-3-2-6-16(17)10-22/h2-3,6-8,11-13,15H,4-5,9,14H2,1H3,(H,24,27,28). The number of nitrogens with one attached hydrogen (secondary N) is 1. The van der Waals surface area contributed by atoms with Crippen LogP contribution in [0.5, 0.6) is 0 Å². The maximum absolute atomic E-state index is 9.32. The van der Waals surface area contributed by atoms with Gasteiger partial charge in [-0.15, -0.1) is 0 Å². The predicted octanol–water partition coefficient (Wildman–Crippen LogP) is 3.17. The van der Waals surface area contributed by atoms with Gasteiger partial charge in [0.25, 0.3) is 0 Å². The molecule has 150 valence electrons. The Morgan fingerprint density at radius 3 is 2.97 bits per heavy atom. The zero-order chi connectivity index (χ0) is 20.8. The molecule has 3 aromatic heterocycles. The summed E-state index contributed by atoms with van der Waals surface area (Å²) in [4.78, 5) is 13.0. The Bertz CT molecular complexity index is 1210. The van der Waals surface area contributed by atoms with Gasteiger partial charge in [-0.1, -0.05) is 18.2 Å². The van der Waals surface area contributed by atoms with Crippen LogP contribution in [0.3, 0.4) is 0 Å². The van der Waals surface area contributed by atoms with E-state index in [1.807, 2.05) is 35.3 Å². The first-order chi connectivity index (χ1) is 14.8. The van der Waals surface area contributed by atoms with Gasteiger partial charge in [-0.25, -0.2) is 9.67 Å². The summed E-state index contributed by atoms with van der Waals surface area (Å²) in [5.41, 5.74) is 3.05. The molecule has 4 rings (SSSR count). The maximum atomic E-state index is 9.32. The highest BCUT2D eigenvalue weighted by molar-refractivity contribution is 5.75. The molecule has 0 aliphatic heterocycles. The van der Waals surface area contributed by atoms with E-state index >= 15 is 0 Å². The molecule has 0 radical (unpaired) electrons. The van der Waals surface area contributed by atoms with E-state index < -0.39 is 0 Å². The molecule has 0 spiro atoms. The number of nitriles is 1. The van der Waals surface area contributed by atoms with Crippen LogP contribution in [0.25, 0.3) is 11.0 Å². The van der Waals surface area contributed by atoms with E-state index in [-0.39, 0.29) is 0 Å². The molecule has 0 aliphatic carbocycles. The molecule has 1 aromatic carbocycles. The van der Waals surface area contributed by atoms with Gasteiger partial charge in [0.05, 0.1) is 41.6 Å². The first-order valence-corrected chi connectivity index (χ1v) is 9.63. The molecule has 0 amide bonds. The summed E-state index contributed by atoms with van der Waals surface area (Å²) < 4.78 is 3.66. The molecular weight excluding hydrogens is 378 g/mol. The third-order valence-corrected chi connectivity index (χ3v) is 4.63. The first kappa shape index (κ1) is 19.3. The highest BCUT2D eigenvalue weighted by Gasteiger charge is 2.10. The summed E-state index contributed by atoms with van der Waals surface area (Å²) in [5, 5.41) is 22.1. The SMILES string of the molecule is CN=CCCCn1cc(Nc2ncc3cnn(Cc4ccccc4C#N)c3n2)cn1. The third-order valence-electron chi connectivity index (χ3n) is 4.63. The van der Waals surface area contributed by atoms with Gasteiger partial charge in [-0.05, 0) is 30.7 Å². The number of hydrogen-bond donors (Lipinski definition) is 1. The van der Waals surface area contributed by atoms with Gasteiger partial charge in [0.1, 0.15) is 0 Å². The minimum absolute atomic E-state index is 0.461. The van der Waals surface area contributed by atoms with Crippen molar-refractivity contribution in [3.63, 3.8) is 0 Å². The van der Waals surface area contributed by atoms with Crippen LogP contribution < -0.4 is 5.32 Å². The van der Waals surface area contributed by atoms with Crippen LogP contribution in [0.15, 0.2) is 54.0 Å². The van der Waals surface area contributed by atoms with Crippen molar-refractivity contribution in [2.75, 3.05) is 12.4 Å². The van der Waals surface area contributed by atoms with Crippen LogP contribution in [-0.4, -0.2) is 42.8 Å². The number of aliphatic imine (C=N–C) groups is 1. The Kier molecular flexibility index (Phi) is 5.75. The van der Waals surface area contributed by atoms with Crippen LogP contribution in [0.1, 0.15) is 24.0 Å². The van der Waals surface area contributed by atoms with E-state index in [9.17, 15) is 5.26 Å². The van der Waals surface area contributed by atoms with Gasteiger partial charge in [-0.3, -0.25) is 4.68 Å². The van der Waals surface area contributed by atoms with Crippen molar-refractivity contribution in [2.24, 2.45) is 4.99 Å².